The lowest BCUT2D eigenvalue weighted by atomic mass is 9.78. The van der Waals surface area contributed by atoms with Gasteiger partial charge in [0.1, 0.15) is 5.82 Å². The Balaban J connectivity index is 2.12. The summed E-state index contributed by atoms with van der Waals surface area (Å²) in [6.45, 7) is 0. The largest absolute Gasteiger partial charge is 0.550 e. The molecule has 1 amide bonds. The highest BCUT2D eigenvalue weighted by Crippen LogP contribution is 2.31. The lowest BCUT2D eigenvalue weighted by Gasteiger charge is -2.31. The molecule has 2 rings (SSSR count). The number of hydrogen-bond donors (Lipinski definition) is 1. The number of nitrogens with one attached hydrogen (secondary N) is 1. The van der Waals surface area contributed by atoms with Crippen molar-refractivity contribution < 1.29 is 19.1 Å². The second kappa shape index (κ2) is 6.35. The molecule has 0 radical (unpaired) electrons. The van der Waals surface area contributed by atoms with E-state index in [0.29, 0.717) is 17.3 Å². The summed E-state index contributed by atoms with van der Waals surface area (Å²) in [5, 5.41) is 13.5. The van der Waals surface area contributed by atoms with Crippen LogP contribution in [0.1, 0.15) is 25.7 Å². The van der Waals surface area contributed by atoms with Crippen molar-refractivity contribution in [2.45, 2.75) is 25.7 Å². The van der Waals surface area contributed by atoms with Crippen LogP contribution in [-0.4, -0.2) is 11.9 Å². The first kappa shape index (κ1) is 15.0. The van der Waals surface area contributed by atoms with Crippen LogP contribution in [0.5, 0.6) is 0 Å². The summed E-state index contributed by atoms with van der Waals surface area (Å²) in [5.74, 6) is -3.67. The number of halogens is 2. The number of amides is 1. The van der Waals surface area contributed by atoms with E-state index in [-0.39, 0.29) is 5.69 Å². The molecule has 2 atom stereocenters. The first-order chi connectivity index (χ1) is 9.49. The minimum atomic E-state index is -1.21. The predicted molar refractivity (Wildman–Crippen MR) is 73.2 cm³/mol. The van der Waals surface area contributed by atoms with Gasteiger partial charge in [-0.2, -0.15) is 0 Å². The van der Waals surface area contributed by atoms with E-state index in [1.54, 1.807) is 6.07 Å². The molecule has 1 saturated carbocycles. The van der Waals surface area contributed by atoms with E-state index in [1.165, 1.54) is 12.1 Å². The molecule has 1 aromatic carbocycles. The number of benzene rings is 1. The number of carbonyl (C=O) groups excluding carboxylic acids is 2. The van der Waals surface area contributed by atoms with Gasteiger partial charge in [0.15, 0.2) is 0 Å². The van der Waals surface area contributed by atoms with Crippen LogP contribution in [0.4, 0.5) is 10.1 Å². The Morgan fingerprint density at radius 3 is 2.50 bits per heavy atom. The van der Waals surface area contributed by atoms with E-state index in [4.69, 9.17) is 0 Å². The van der Waals surface area contributed by atoms with Crippen LogP contribution in [0.25, 0.3) is 0 Å². The lowest BCUT2D eigenvalue weighted by molar-refractivity contribution is -0.313. The maximum atomic E-state index is 13.7. The van der Waals surface area contributed by atoms with Crippen LogP contribution in [0.15, 0.2) is 22.7 Å². The maximum Gasteiger partial charge on any atom is 0.228 e. The topological polar surface area (TPSA) is 69.2 Å². The molecule has 1 N–H and O–H groups in total. The van der Waals surface area contributed by atoms with E-state index >= 15 is 0 Å². The average molecular weight is 343 g/mol. The standard InChI is InChI=1S/C14H15BrFNO3/c15-8-5-6-12(11(16)7-8)17-13(18)9-3-1-2-4-10(9)14(19)20/h5-7,9-10H,1-4H2,(H,17,18)(H,19,20)/p-1/t9-,10-/m1/s1. The summed E-state index contributed by atoms with van der Waals surface area (Å²) < 4.78 is 14.2. The summed E-state index contributed by atoms with van der Waals surface area (Å²) in [4.78, 5) is 23.2. The van der Waals surface area contributed by atoms with Crippen molar-refractivity contribution in [2.75, 3.05) is 5.32 Å². The number of carboxylic acid groups (broad SMARTS) is 1. The zero-order chi connectivity index (χ0) is 14.7. The molecule has 0 aliphatic heterocycles. The first-order valence-corrected chi connectivity index (χ1v) is 7.25. The second-order valence-electron chi connectivity index (χ2n) is 4.93. The molecule has 1 aromatic rings. The van der Waals surface area contributed by atoms with Crippen LogP contribution in [-0.2, 0) is 9.59 Å². The van der Waals surface area contributed by atoms with Gasteiger partial charge in [-0.3, -0.25) is 4.79 Å². The lowest BCUT2D eigenvalue weighted by Crippen LogP contribution is -2.42. The molecule has 4 nitrogen and oxygen atoms in total. The molecule has 0 unspecified atom stereocenters. The molecular formula is C14H14BrFNO3-. The van der Waals surface area contributed by atoms with Gasteiger partial charge in [-0.05, 0) is 31.0 Å². The molecule has 0 saturated heterocycles. The Morgan fingerprint density at radius 2 is 1.90 bits per heavy atom. The minimum Gasteiger partial charge on any atom is -0.550 e. The van der Waals surface area contributed by atoms with E-state index in [9.17, 15) is 19.1 Å². The molecule has 1 fully saturated rings. The minimum absolute atomic E-state index is 0.0564. The van der Waals surface area contributed by atoms with E-state index in [2.05, 4.69) is 21.2 Å². The van der Waals surface area contributed by atoms with E-state index < -0.39 is 29.5 Å². The van der Waals surface area contributed by atoms with Crippen LogP contribution in [0, 0.1) is 17.7 Å². The predicted octanol–water partition coefficient (Wildman–Crippen LogP) is 2.08. The monoisotopic (exact) mass is 342 g/mol. The van der Waals surface area contributed by atoms with Crippen molar-refractivity contribution >= 4 is 33.5 Å². The quantitative estimate of drug-likeness (QED) is 0.914. The second-order valence-corrected chi connectivity index (χ2v) is 5.85. The number of carboxylic acids is 1. The molecule has 6 heteroatoms. The van der Waals surface area contributed by atoms with Gasteiger partial charge in [0.05, 0.1) is 5.69 Å². The van der Waals surface area contributed by atoms with Gasteiger partial charge < -0.3 is 15.2 Å². The molecule has 108 valence electrons. The van der Waals surface area contributed by atoms with Gasteiger partial charge in [0, 0.05) is 22.3 Å². The van der Waals surface area contributed by atoms with Crippen LogP contribution < -0.4 is 10.4 Å². The third-order valence-electron chi connectivity index (χ3n) is 3.59. The van der Waals surface area contributed by atoms with E-state index in [0.717, 1.165) is 12.8 Å². The molecule has 1 aliphatic carbocycles. The molecule has 0 bridgehead atoms. The van der Waals surface area contributed by atoms with E-state index in [1.807, 2.05) is 0 Å². The Hall–Kier alpha value is -1.43. The van der Waals surface area contributed by atoms with Crippen LogP contribution in [0.2, 0.25) is 0 Å². The Kier molecular flexibility index (Phi) is 4.75. The Bertz CT molecular complexity index is 535. The molecule has 0 heterocycles. The molecule has 0 spiro atoms. The van der Waals surface area contributed by atoms with Crippen molar-refractivity contribution in [3.05, 3.63) is 28.5 Å². The molecule has 1 aliphatic rings. The summed E-state index contributed by atoms with van der Waals surface area (Å²) >= 11 is 3.13. The normalized spacial score (nSPS) is 22.3. The maximum absolute atomic E-state index is 13.7. The van der Waals surface area contributed by atoms with Crippen molar-refractivity contribution in [3.8, 4) is 0 Å². The fourth-order valence-electron chi connectivity index (χ4n) is 2.54. The summed E-state index contributed by atoms with van der Waals surface area (Å²) in [5.41, 5.74) is 0.0564. The highest BCUT2D eigenvalue weighted by atomic mass is 79.9. The summed E-state index contributed by atoms with van der Waals surface area (Å²) in [6.07, 6.45) is 2.49. The van der Waals surface area contributed by atoms with Gasteiger partial charge in [-0.1, -0.05) is 28.8 Å². The number of aliphatic carboxylic acids is 1. The zero-order valence-electron chi connectivity index (χ0n) is 10.7. The Morgan fingerprint density at radius 1 is 1.25 bits per heavy atom. The molecule has 20 heavy (non-hydrogen) atoms. The van der Waals surface area contributed by atoms with Gasteiger partial charge in [0.25, 0.3) is 0 Å². The van der Waals surface area contributed by atoms with Crippen molar-refractivity contribution in [1.29, 1.82) is 0 Å². The van der Waals surface area contributed by atoms with Crippen molar-refractivity contribution in [2.24, 2.45) is 11.8 Å². The third-order valence-corrected chi connectivity index (χ3v) is 4.09. The smallest absolute Gasteiger partial charge is 0.228 e. The first-order valence-electron chi connectivity index (χ1n) is 6.46. The average Bonchev–Trinajstić information content (AvgIpc) is 2.41. The summed E-state index contributed by atoms with van der Waals surface area (Å²) in [6, 6.07) is 4.29. The van der Waals surface area contributed by atoms with Crippen molar-refractivity contribution in [1.82, 2.24) is 0 Å². The van der Waals surface area contributed by atoms with Gasteiger partial charge in [-0.15, -0.1) is 0 Å². The van der Waals surface area contributed by atoms with Gasteiger partial charge in [-0.25, -0.2) is 4.39 Å². The molecular weight excluding hydrogens is 329 g/mol. The highest BCUT2D eigenvalue weighted by molar-refractivity contribution is 9.10. The number of anilines is 1. The Labute approximate surface area is 124 Å². The van der Waals surface area contributed by atoms with Gasteiger partial charge in [0.2, 0.25) is 5.91 Å². The van der Waals surface area contributed by atoms with Crippen LogP contribution >= 0.6 is 15.9 Å². The zero-order valence-corrected chi connectivity index (χ0v) is 12.3. The molecule has 0 aromatic heterocycles. The van der Waals surface area contributed by atoms with Gasteiger partial charge >= 0.3 is 0 Å². The van der Waals surface area contributed by atoms with Crippen LogP contribution in [0.3, 0.4) is 0 Å². The number of rotatable bonds is 3. The third kappa shape index (κ3) is 3.36. The number of carbonyl (C=O) groups is 2. The fraction of sp³-hybridized carbons (Fsp3) is 0.429. The fourth-order valence-corrected chi connectivity index (χ4v) is 2.88. The summed E-state index contributed by atoms with van der Waals surface area (Å²) in [7, 11) is 0. The number of hydrogen-bond acceptors (Lipinski definition) is 3. The highest BCUT2D eigenvalue weighted by Gasteiger charge is 2.32. The SMILES string of the molecule is O=C([O-])[C@@H]1CCCC[C@H]1C(=O)Nc1ccc(Br)cc1F. The van der Waals surface area contributed by atoms with Crippen molar-refractivity contribution in [3.63, 3.8) is 0 Å².